The molecule has 1 aromatic rings. The molecule has 1 N–H and O–H groups in total. The van der Waals surface area contributed by atoms with E-state index in [4.69, 9.17) is 4.74 Å². The molecule has 0 bridgehead atoms. The van der Waals surface area contributed by atoms with Gasteiger partial charge in [0.05, 0.1) is 6.61 Å². The molecule has 0 radical (unpaired) electrons. The van der Waals surface area contributed by atoms with Gasteiger partial charge in [0, 0.05) is 48.2 Å². The predicted molar refractivity (Wildman–Crippen MR) is 89.9 cm³/mol. The number of ether oxygens (including phenoxy) is 1. The molecule has 0 aromatic heterocycles. The Morgan fingerprint density at radius 1 is 1.43 bits per heavy atom. The Morgan fingerprint density at radius 2 is 2.29 bits per heavy atom. The third-order valence-electron chi connectivity index (χ3n) is 4.55. The Hall–Kier alpha value is -0.580. The highest BCUT2D eigenvalue weighted by atomic mass is 79.9. The van der Waals surface area contributed by atoms with Crippen LogP contribution in [-0.4, -0.2) is 36.7 Å². The summed E-state index contributed by atoms with van der Waals surface area (Å²) < 4.78 is 7.06. The second kappa shape index (κ2) is 6.67. The molecule has 1 fully saturated rings. The zero-order valence-electron chi connectivity index (χ0n) is 13.0. The fourth-order valence-corrected chi connectivity index (χ4v) is 4.08. The summed E-state index contributed by atoms with van der Waals surface area (Å²) in [5.74, 6) is 1.14. The van der Waals surface area contributed by atoms with E-state index in [2.05, 4.69) is 52.1 Å². The van der Waals surface area contributed by atoms with Gasteiger partial charge in [0.2, 0.25) is 0 Å². The van der Waals surface area contributed by atoms with Gasteiger partial charge in [0.15, 0.2) is 0 Å². The van der Waals surface area contributed by atoms with E-state index in [1.165, 1.54) is 28.4 Å². The molecule has 0 spiro atoms. The number of hydrogen-bond acceptors (Lipinski definition) is 3. The fourth-order valence-electron chi connectivity index (χ4n) is 3.53. The second-order valence-electron chi connectivity index (χ2n) is 6.33. The van der Waals surface area contributed by atoms with E-state index in [0.717, 1.165) is 38.4 Å². The number of halogens is 1. The summed E-state index contributed by atoms with van der Waals surface area (Å²) in [6.07, 6.45) is 3.54. The Morgan fingerprint density at radius 3 is 3.10 bits per heavy atom. The Labute approximate surface area is 136 Å². The molecule has 3 rings (SSSR count). The Balaban J connectivity index is 1.81. The summed E-state index contributed by atoms with van der Waals surface area (Å²) in [6.45, 7) is 8.60. The van der Waals surface area contributed by atoms with Crippen LogP contribution in [0.15, 0.2) is 16.6 Å². The third-order valence-corrected chi connectivity index (χ3v) is 5.01. The monoisotopic (exact) mass is 352 g/mol. The molecule has 21 heavy (non-hydrogen) atoms. The molecule has 2 unspecified atom stereocenters. The maximum atomic E-state index is 5.89. The van der Waals surface area contributed by atoms with Crippen molar-refractivity contribution in [1.82, 2.24) is 10.2 Å². The van der Waals surface area contributed by atoms with Crippen molar-refractivity contribution >= 4 is 15.9 Å². The van der Waals surface area contributed by atoms with Gasteiger partial charge in [-0.25, -0.2) is 0 Å². The molecule has 1 saturated heterocycles. The summed E-state index contributed by atoms with van der Waals surface area (Å²) in [6, 6.07) is 5.65. The van der Waals surface area contributed by atoms with E-state index < -0.39 is 0 Å². The first-order chi connectivity index (χ1) is 10.2. The van der Waals surface area contributed by atoms with Crippen LogP contribution in [-0.2, 0) is 13.0 Å². The fraction of sp³-hybridized carbons (Fsp3) is 0.647. The summed E-state index contributed by atoms with van der Waals surface area (Å²) in [4.78, 5) is 2.63. The number of fused-ring (bicyclic) bond motifs is 1. The molecule has 3 nitrogen and oxygen atoms in total. The predicted octanol–water partition coefficient (Wildman–Crippen LogP) is 3.35. The minimum atomic E-state index is 0.569. The molecule has 2 atom stereocenters. The van der Waals surface area contributed by atoms with Gasteiger partial charge in [0.25, 0.3) is 0 Å². The number of nitrogens with zero attached hydrogens (tertiary/aromatic N) is 1. The summed E-state index contributed by atoms with van der Waals surface area (Å²) in [7, 11) is 0. The highest BCUT2D eigenvalue weighted by molar-refractivity contribution is 9.10. The van der Waals surface area contributed by atoms with Gasteiger partial charge in [-0.15, -0.1) is 0 Å². The molecule has 2 heterocycles. The minimum Gasteiger partial charge on any atom is -0.493 e. The van der Waals surface area contributed by atoms with Crippen LogP contribution in [0.5, 0.6) is 5.75 Å². The molecule has 2 aliphatic heterocycles. The van der Waals surface area contributed by atoms with E-state index in [9.17, 15) is 0 Å². The highest BCUT2D eigenvalue weighted by Crippen LogP contribution is 2.34. The van der Waals surface area contributed by atoms with E-state index in [1.54, 1.807) is 0 Å². The van der Waals surface area contributed by atoms with Crippen molar-refractivity contribution in [3.8, 4) is 5.75 Å². The van der Waals surface area contributed by atoms with Gasteiger partial charge < -0.3 is 10.1 Å². The average Bonchev–Trinajstić information content (AvgIpc) is 2.90. The molecule has 0 saturated carbocycles. The van der Waals surface area contributed by atoms with Crippen molar-refractivity contribution in [3.05, 3.63) is 27.7 Å². The van der Waals surface area contributed by atoms with Crippen LogP contribution in [0, 0.1) is 0 Å². The van der Waals surface area contributed by atoms with Crippen molar-refractivity contribution in [2.24, 2.45) is 0 Å². The normalized spacial score (nSPS) is 25.7. The molecule has 116 valence electrons. The lowest BCUT2D eigenvalue weighted by Crippen LogP contribution is -2.54. The van der Waals surface area contributed by atoms with Gasteiger partial charge in [-0.1, -0.05) is 29.3 Å². The molecule has 4 heteroatoms. The number of piperazine rings is 1. The van der Waals surface area contributed by atoms with Gasteiger partial charge in [-0.05, 0) is 31.0 Å². The molecule has 1 aromatic carbocycles. The highest BCUT2D eigenvalue weighted by Gasteiger charge is 2.27. The lowest BCUT2D eigenvalue weighted by Gasteiger charge is -2.39. The zero-order chi connectivity index (χ0) is 14.8. The quantitative estimate of drug-likeness (QED) is 0.899. The van der Waals surface area contributed by atoms with Crippen molar-refractivity contribution in [3.63, 3.8) is 0 Å². The minimum absolute atomic E-state index is 0.569. The number of hydrogen-bond donors (Lipinski definition) is 1. The van der Waals surface area contributed by atoms with Gasteiger partial charge in [-0.2, -0.15) is 0 Å². The Bertz CT molecular complexity index is 506. The van der Waals surface area contributed by atoms with E-state index in [-0.39, 0.29) is 0 Å². The summed E-state index contributed by atoms with van der Waals surface area (Å²) in [5.41, 5.74) is 2.70. The van der Waals surface area contributed by atoms with Crippen LogP contribution >= 0.6 is 15.9 Å². The van der Waals surface area contributed by atoms with E-state index in [1.807, 2.05) is 0 Å². The number of rotatable bonds is 4. The number of nitrogens with one attached hydrogen (secondary N) is 1. The van der Waals surface area contributed by atoms with Crippen molar-refractivity contribution in [2.45, 2.75) is 51.7 Å². The molecule has 2 aliphatic rings. The van der Waals surface area contributed by atoms with Crippen LogP contribution in [0.4, 0.5) is 0 Å². The molecular weight excluding hydrogens is 328 g/mol. The first kappa shape index (κ1) is 15.3. The smallest absolute Gasteiger partial charge is 0.127 e. The van der Waals surface area contributed by atoms with Crippen molar-refractivity contribution < 1.29 is 4.74 Å². The van der Waals surface area contributed by atoms with E-state index in [0.29, 0.717) is 12.1 Å². The summed E-state index contributed by atoms with van der Waals surface area (Å²) in [5, 5.41) is 3.61. The largest absolute Gasteiger partial charge is 0.493 e. The average molecular weight is 353 g/mol. The first-order valence-corrected chi connectivity index (χ1v) is 8.88. The van der Waals surface area contributed by atoms with Crippen LogP contribution < -0.4 is 10.1 Å². The van der Waals surface area contributed by atoms with Crippen LogP contribution in [0.3, 0.4) is 0 Å². The van der Waals surface area contributed by atoms with Crippen LogP contribution in [0.1, 0.15) is 37.8 Å². The Kier molecular flexibility index (Phi) is 4.87. The van der Waals surface area contributed by atoms with Gasteiger partial charge >= 0.3 is 0 Å². The molecule has 0 aliphatic carbocycles. The standard InChI is InChI=1S/C17H25BrN2O/c1-3-4-16-9-19-12(2)10-20(16)11-14-8-15(18)7-13-5-6-21-17(13)14/h7-8,12,16,19H,3-6,9-11H2,1-2H3. The lowest BCUT2D eigenvalue weighted by molar-refractivity contribution is 0.119. The van der Waals surface area contributed by atoms with Gasteiger partial charge in [-0.3, -0.25) is 4.90 Å². The molecule has 0 amide bonds. The zero-order valence-corrected chi connectivity index (χ0v) is 14.6. The molecular formula is C17H25BrN2O. The SMILES string of the molecule is CCCC1CNC(C)CN1Cc1cc(Br)cc2c1OCC2. The maximum Gasteiger partial charge on any atom is 0.127 e. The lowest BCUT2D eigenvalue weighted by atomic mass is 10.0. The van der Waals surface area contributed by atoms with Crippen LogP contribution in [0.2, 0.25) is 0 Å². The first-order valence-electron chi connectivity index (χ1n) is 8.09. The van der Waals surface area contributed by atoms with Crippen molar-refractivity contribution in [1.29, 1.82) is 0 Å². The second-order valence-corrected chi connectivity index (χ2v) is 7.25. The summed E-state index contributed by atoms with van der Waals surface area (Å²) >= 11 is 3.65. The maximum absolute atomic E-state index is 5.89. The van der Waals surface area contributed by atoms with Gasteiger partial charge in [0.1, 0.15) is 5.75 Å². The van der Waals surface area contributed by atoms with Crippen LogP contribution in [0.25, 0.3) is 0 Å². The third kappa shape index (κ3) is 3.43. The van der Waals surface area contributed by atoms with Crippen molar-refractivity contribution in [2.75, 3.05) is 19.7 Å². The number of benzene rings is 1. The van der Waals surface area contributed by atoms with E-state index >= 15 is 0 Å². The topological polar surface area (TPSA) is 24.5 Å².